The molecule has 8 heteroatoms. The molecule has 0 amide bonds. The molecule has 0 aliphatic heterocycles. The van der Waals surface area contributed by atoms with Crippen LogP contribution >= 0.6 is 7.60 Å². The average Bonchev–Trinajstić information content (AvgIpc) is 2.52. The summed E-state index contributed by atoms with van der Waals surface area (Å²) in [6.07, 6.45) is 0. The molecule has 0 radical (unpaired) electrons. The lowest BCUT2D eigenvalue weighted by Gasteiger charge is -2.24. The minimum Gasteiger partial charge on any atom is -0.466 e. The number of carbonyl (C=O) groups is 2. The lowest BCUT2D eigenvalue weighted by Crippen LogP contribution is -2.30. The van der Waals surface area contributed by atoms with Crippen molar-refractivity contribution in [2.45, 2.75) is 19.7 Å². The van der Waals surface area contributed by atoms with Crippen LogP contribution < -0.4 is 0 Å². The summed E-state index contributed by atoms with van der Waals surface area (Å²) in [6, 6.07) is 7.99. The van der Waals surface area contributed by atoms with Gasteiger partial charge in [-0.05, 0) is 26.0 Å². The molecule has 0 aliphatic rings. The van der Waals surface area contributed by atoms with Crippen LogP contribution in [0.3, 0.4) is 0 Å². The molecule has 0 saturated carbocycles. The molecule has 0 fully saturated rings. The first-order chi connectivity index (χ1) is 10.5. The third-order valence-corrected chi connectivity index (χ3v) is 4.66. The molecule has 0 unspecified atom stereocenters. The first-order valence-electron chi connectivity index (χ1n) is 6.71. The molecule has 0 bridgehead atoms. The van der Waals surface area contributed by atoms with E-state index < -0.39 is 25.4 Å². The Labute approximate surface area is 129 Å². The van der Waals surface area contributed by atoms with E-state index in [0.717, 1.165) is 7.11 Å². The Kier molecular flexibility index (Phi) is 7.24. The second-order valence-electron chi connectivity index (χ2n) is 4.02. The van der Waals surface area contributed by atoms with Gasteiger partial charge in [0.2, 0.25) is 0 Å². The Balaban J connectivity index is 3.05. The lowest BCUT2D eigenvalue weighted by molar-refractivity contribution is -0.147. The van der Waals surface area contributed by atoms with Crippen molar-refractivity contribution in [3.8, 4) is 0 Å². The normalized spacial score (nSPS) is 12.5. The number of methoxy groups -OCH3 is 1. The highest BCUT2D eigenvalue weighted by Crippen LogP contribution is 2.54. The molecular weight excluding hydrogens is 311 g/mol. The first-order valence-corrected chi connectivity index (χ1v) is 8.32. The number of carbonyl (C=O) groups excluding carboxylic acids is 2. The molecule has 0 spiro atoms. The number of esters is 2. The average molecular weight is 330 g/mol. The number of hydrogen-bond donors (Lipinski definition) is 0. The fourth-order valence-electron chi connectivity index (χ4n) is 1.62. The molecule has 1 atom stereocenters. The summed E-state index contributed by atoms with van der Waals surface area (Å²) >= 11 is 0. The van der Waals surface area contributed by atoms with Crippen LogP contribution in [-0.2, 0) is 27.9 Å². The van der Waals surface area contributed by atoms with Crippen molar-refractivity contribution in [3.63, 3.8) is 0 Å². The van der Waals surface area contributed by atoms with Crippen molar-refractivity contribution >= 4 is 19.5 Å². The summed E-state index contributed by atoms with van der Waals surface area (Å²) in [7, 11) is -2.90. The zero-order valence-corrected chi connectivity index (χ0v) is 13.6. The van der Waals surface area contributed by atoms with Gasteiger partial charge in [0.15, 0.2) is 0 Å². The number of benzene rings is 1. The van der Waals surface area contributed by atoms with Crippen molar-refractivity contribution in [1.29, 1.82) is 0 Å². The summed E-state index contributed by atoms with van der Waals surface area (Å²) in [5, 5.41) is 0. The van der Waals surface area contributed by atoms with Gasteiger partial charge in [-0.25, -0.2) is 9.59 Å². The molecule has 1 rings (SSSR count). The predicted molar refractivity (Wildman–Crippen MR) is 78.5 cm³/mol. The van der Waals surface area contributed by atoms with Gasteiger partial charge in [0, 0.05) is 0 Å². The zero-order chi connectivity index (χ0) is 16.6. The van der Waals surface area contributed by atoms with Gasteiger partial charge >= 0.3 is 19.5 Å². The monoisotopic (exact) mass is 330 g/mol. The maximum absolute atomic E-state index is 12.7. The van der Waals surface area contributed by atoms with E-state index in [2.05, 4.69) is 4.74 Å². The summed E-state index contributed by atoms with van der Waals surface area (Å²) in [5.41, 5.74) is 0.205. The topological polar surface area (TPSA) is 88.1 Å². The van der Waals surface area contributed by atoms with Gasteiger partial charge in [-0.1, -0.05) is 18.2 Å². The highest BCUT2D eigenvalue weighted by Gasteiger charge is 2.45. The summed E-state index contributed by atoms with van der Waals surface area (Å²) in [4.78, 5) is 23.9. The van der Waals surface area contributed by atoms with E-state index in [1.807, 2.05) is 0 Å². The SMILES string of the molecule is CCOP(=O)(OCC)[C@H](OC(=O)c1ccccc1)C(=O)OC. The van der Waals surface area contributed by atoms with Gasteiger partial charge in [-0.15, -0.1) is 0 Å². The van der Waals surface area contributed by atoms with Crippen LogP contribution in [0.5, 0.6) is 0 Å². The summed E-state index contributed by atoms with van der Waals surface area (Å²) in [5.74, 6) is -3.60. The highest BCUT2D eigenvalue weighted by molar-refractivity contribution is 7.55. The third kappa shape index (κ3) is 4.66. The Morgan fingerprint density at radius 1 is 1.09 bits per heavy atom. The lowest BCUT2D eigenvalue weighted by atomic mass is 10.2. The van der Waals surface area contributed by atoms with E-state index in [4.69, 9.17) is 13.8 Å². The number of hydrogen-bond acceptors (Lipinski definition) is 7. The fourth-order valence-corrected chi connectivity index (χ4v) is 3.27. The molecule has 0 heterocycles. The Morgan fingerprint density at radius 2 is 1.64 bits per heavy atom. The smallest absolute Gasteiger partial charge is 0.382 e. The van der Waals surface area contributed by atoms with Crippen LogP contribution in [-0.4, -0.2) is 38.1 Å². The van der Waals surface area contributed by atoms with E-state index in [9.17, 15) is 14.2 Å². The molecule has 0 saturated heterocycles. The van der Waals surface area contributed by atoms with Crippen LogP contribution in [0.15, 0.2) is 30.3 Å². The molecule has 22 heavy (non-hydrogen) atoms. The van der Waals surface area contributed by atoms with E-state index >= 15 is 0 Å². The largest absolute Gasteiger partial charge is 0.466 e. The van der Waals surface area contributed by atoms with E-state index in [0.29, 0.717) is 0 Å². The second-order valence-corrected chi connectivity index (χ2v) is 6.09. The molecule has 0 N–H and O–H groups in total. The molecule has 1 aromatic rings. The molecule has 1 aromatic carbocycles. The summed E-state index contributed by atoms with van der Waals surface area (Å²) in [6.45, 7) is 3.21. The van der Waals surface area contributed by atoms with Crippen LogP contribution in [0.1, 0.15) is 24.2 Å². The minimum absolute atomic E-state index is 0.0215. The molecule has 122 valence electrons. The molecule has 7 nitrogen and oxygen atoms in total. The third-order valence-electron chi connectivity index (χ3n) is 2.54. The highest BCUT2D eigenvalue weighted by atomic mass is 31.2. The van der Waals surface area contributed by atoms with Crippen molar-refractivity contribution in [1.82, 2.24) is 0 Å². The molecule has 0 aliphatic carbocycles. The summed E-state index contributed by atoms with van der Waals surface area (Å²) < 4.78 is 32.3. The first kappa shape index (κ1) is 18.4. The number of ether oxygens (including phenoxy) is 2. The standard InChI is InChI=1S/C14H19O7P/c1-4-19-22(17,20-5-2)14(13(16)18-3)21-12(15)11-9-7-6-8-10-11/h6-10,14H,4-5H2,1-3H3/t14-/m0/s1. The van der Waals surface area contributed by atoms with Crippen molar-refractivity contribution in [2.24, 2.45) is 0 Å². The minimum atomic E-state index is -3.99. The Morgan fingerprint density at radius 3 is 2.09 bits per heavy atom. The maximum atomic E-state index is 12.7. The molecule has 0 aromatic heterocycles. The fraction of sp³-hybridized carbons (Fsp3) is 0.429. The Hall–Kier alpha value is -1.69. The van der Waals surface area contributed by atoms with E-state index in [-0.39, 0.29) is 18.8 Å². The van der Waals surface area contributed by atoms with Crippen molar-refractivity contribution in [3.05, 3.63) is 35.9 Å². The van der Waals surface area contributed by atoms with Gasteiger partial charge in [-0.3, -0.25) is 4.57 Å². The van der Waals surface area contributed by atoms with Crippen LogP contribution in [0, 0.1) is 0 Å². The van der Waals surface area contributed by atoms with Crippen LogP contribution in [0.4, 0.5) is 0 Å². The van der Waals surface area contributed by atoms with Crippen molar-refractivity contribution < 1.29 is 32.7 Å². The number of rotatable bonds is 8. The van der Waals surface area contributed by atoms with Gasteiger partial charge < -0.3 is 18.5 Å². The van der Waals surface area contributed by atoms with Crippen molar-refractivity contribution in [2.75, 3.05) is 20.3 Å². The maximum Gasteiger partial charge on any atom is 0.382 e. The van der Waals surface area contributed by atoms with Gasteiger partial charge in [-0.2, -0.15) is 0 Å². The molecular formula is C14H19O7P. The van der Waals surface area contributed by atoms with E-state index in [1.165, 1.54) is 12.1 Å². The Bertz CT molecular complexity index is 533. The quantitative estimate of drug-likeness (QED) is 0.535. The van der Waals surface area contributed by atoms with Crippen LogP contribution in [0.2, 0.25) is 0 Å². The van der Waals surface area contributed by atoms with Gasteiger partial charge in [0.1, 0.15) is 0 Å². The van der Waals surface area contributed by atoms with E-state index in [1.54, 1.807) is 32.0 Å². The van der Waals surface area contributed by atoms with Crippen LogP contribution in [0.25, 0.3) is 0 Å². The predicted octanol–water partition coefficient (Wildman–Crippen LogP) is 2.61. The van der Waals surface area contributed by atoms with Gasteiger partial charge in [0.25, 0.3) is 5.85 Å². The zero-order valence-electron chi connectivity index (χ0n) is 12.7. The second kappa shape index (κ2) is 8.68. The van der Waals surface area contributed by atoms with Gasteiger partial charge in [0.05, 0.1) is 25.9 Å².